The standard InChI is InChI=1S/C14H12N4O2S/c19-12-3-1-2-10(6-12)8-15-17-13(20)7-11-9-18-4-5-21-14(18)16-11/h1-6,8-9,19H,7H2,(H,17,20). The summed E-state index contributed by atoms with van der Waals surface area (Å²) >= 11 is 1.52. The van der Waals surface area contributed by atoms with Crippen molar-refractivity contribution in [1.29, 1.82) is 0 Å². The minimum Gasteiger partial charge on any atom is -0.508 e. The van der Waals surface area contributed by atoms with E-state index >= 15 is 0 Å². The maximum Gasteiger partial charge on any atom is 0.246 e. The average molecular weight is 300 g/mol. The predicted molar refractivity (Wildman–Crippen MR) is 80.6 cm³/mol. The van der Waals surface area contributed by atoms with Crippen LogP contribution in [0.15, 0.2) is 47.1 Å². The van der Waals surface area contributed by atoms with Crippen molar-refractivity contribution in [2.75, 3.05) is 0 Å². The molecule has 0 fully saturated rings. The Labute approximate surface area is 124 Å². The molecule has 1 amide bonds. The van der Waals surface area contributed by atoms with E-state index in [0.717, 1.165) is 4.96 Å². The highest BCUT2D eigenvalue weighted by Crippen LogP contribution is 2.11. The first-order valence-corrected chi connectivity index (χ1v) is 7.11. The summed E-state index contributed by atoms with van der Waals surface area (Å²) in [5.74, 6) is -0.0829. The van der Waals surface area contributed by atoms with Crippen LogP contribution in [0, 0.1) is 0 Å². The Bertz CT molecular complexity index is 778. The lowest BCUT2D eigenvalue weighted by molar-refractivity contribution is -0.120. The maximum absolute atomic E-state index is 11.7. The van der Waals surface area contributed by atoms with E-state index in [2.05, 4.69) is 15.5 Å². The summed E-state index contributed by atoms with van der Waals surface area (Å²) in [5.41, 5.74) is 3.85. The van der Waals surface area contributed by atoms with E-state index in [0.29, 0.717) is 11.3 Å². The van der Waals surface area contributed by atoms with Gasteiger partial charge >= 0.3 is 0 Å². The molecule has 1 aromatic carbocycles. The number of nitrogens with zero attached hydrogens (tertiary/aromatic N) is 3. The van der Waals surface area contributed by atoms with Crippen LogP contribution >= 0.6 is 11.3 Å². The van der Waals surface area contributed by atoms with E-state index in [1.807, 2.05) is 22.2 Å². The lowest BCUT2D eigenvalue weighted by atomic mass is 10.2. The number of amides is 1. The molecule has 21 heavy (non-hydrogen) atoms. The Kier molecular flexibility index (Phi) is 3.65. The molecule has 0 saturated heterocycles. The Morgan fingerprint density at radius 3 is 3.24 bits per heavy atom. The van der Waals surface area contributed by atoms with Crippen LogP contribution in [0.25, 0.3) is 4.96 Å². The number of carbonyl (C=O) groups excluding carboxylic acids is 1. The molecule has 2 N–H and O–H groups in total. The van der Waals surface area contributed by atoms with Crippen molar-refractivity contribution in [1.82, 2.24) is 14.8 Å². The van der Waals surface area contributed by atoms with E-state index in [4.69, 9.17) is 0 Å². The van der Waals surface area contributed by atoms with Gasteiger partial charge in [-0.1, -0.05) is 12.1 Å². The number of phenolic OH excluding ortho intramolecular Hbond substituents is 1. The number of phenols is 1. The number of imidazole rings is 1. The Morgan fingerprint density at radius 1 is 1.52 bits per heavy atom. The second-order valence-electron chi connectivity index (χ2n) is 4.39. The first kappa shape index (κ1) is 13.3. The number of hydrazone groups is 1. The molecular weight excluding hydrogens is 288 g/mol. The molecule has 3 aromatic rings. The molecule has 3 rings (SSSR count). The van der Waals surface area contributed by atoms with Gasteiger partial charge in [0, 0.05) is 17.8 Å². The topological polar surface area (TPSA) is 79.0 Å². The Balaban J connectivity index is 1.58. The number of benzene rings is 1. The lowest BCUT2D eigenvalue weighted by Gasteiger charge is -1.97. The van der Waals surface area contributed by atoms with Crippen LogP contribution < -0.4 is 5.43 Å². The van der Waals surface area contributed by atoms with Gasteiger partial charge in [0.2, 0.25) is 5.91 Å². The van der Waals surface area contributed by atoms with Gasteiger partial charge in [0.1, 0.15) is 5.75 Å². The number of nitrogens with one attached hydrogen (secondary N) is 1. The van der Waals surface area contributed by atoms with Gasteiger partial charge in [-0.15, -0.1) is 11.3 Å². The van der Waals surface area contributed by atoms with Crippen LogP contribution in [0.1, 0.15) is 11.3 Å². The monoisotopic (exact) mass is 300 g/mol. The first-order chi connectivity index (χ1) is 10.2. The molecular formula is C14H12N4O2S. The fraction of sp³-hybridized carbons (Fsp3) is 0.0714. The molecule has 106 valence electrons. The third kappa shape index (κ3) is 3.26. The molecule has 0 aliphatic heterocycles. The summed E-state index contributed by atoms with van der Waals surface area (Å²) in [5, 5.41) is 15.1. The number of fused-ring (bicyclic) bond motifs is 1. The minimum atomic E-state index is -0.239. The van der Waals surface area contributed by atoms with Crippen molar-refractivity contribution in [3.8, 4) is 5.75 Å². The van der Waals surface area contributed by atoms with Crippen LogP contribution in [0.2, 0.25) is 0 Å². The Hall–Kier alpha value is -2.67. The first-order valence-electron chi connectivity index (χ1n) is 6.23. The van der Waals surface area contributed by atoms with Gasteiger partial charge < -0.3 is 5.11 Å². The fourth-order valence-electron chi connectivity index (χ4n) is 1.85. The third-order valence-electron chi connectivity index (χ3n) is 2.76. The number of hydrogen-bond acceptors (Lipinski definition) is 5. The van der Waals surface area contributed by atoms with Gasteiger partial charge in [0.05, 0.1) is 18.3 Å². The second-order valence-corrected chi connectivity index (χ2v) is 5.26. The SMILES string of the molecule is O=C(Cc1cn2ccsc2n1)NN=Cc1cccc(O)c1. The van der Waals surface area contributed by atoms with Gasteiger partial charge in [-0.25, -0.2) is 10.4 Å². The molecule has 0 aliphatic carbocycles. The van der Waals surface area contributed by atoms with Crippen molar-refractivity contribution in [2.45, 2.75) is 6.42 Å². The highest BCUT2D eigenvalue weighted by molar-refractivity contribution is 7.15. The van der Waals surface area contributed by atoms with E-state index < -0.39 is 0 Å². The van der Waals surface area contributed by atoms with E-state index in [9.17, 15) is 9.90 Å². The molecule has 6 nitrogen and oxygen atoms in total. The predicted octanol–water partition coefficient (Wildman–Crippen LogP) is 1.79. The number of hydrogen-bond donors (Lipinski definition) is 2. The number of aromatic nitrogens is 2. The van der Waals surface area contributed by atoms with E-state index in [1.54, 1.807) is 24.3 Å². The van der Waals surface area contributed by atoms with Crippen LogP contribution in [0.5, 0.6) is 5.75 Å². The molecule has 0 radical (unpaired) electrons. The van der Waals surface area contributed by atoms with Crippen molar-refractivity contribution in [3.05, 3.63) is 53.3 Å². The van der Waals surface area contributed by atoms with Crippen LogP contribution in [-0.2, 0) is 11.2 Å². The average Bonchev–Trinajstić information content (AvgIpc) is 2.99. The quantitative estimate of drug-likeness (QED) is 0.569. The number of thiazole rings is 1. The van der Waals surface area contributed by atoms with Gasteiger partial charge in [0.25, 0.3) is 0 Å². The molecule has 2 heterocycles. The minimum absolute atomic E-state index is 0.156. The van der Waals surface area contributed by atoms with Gasteiger partial charge in [-0.05, 0) is 17.7 Å². The number of rotatable bonds is 4. The van der Waals surface area contributed by atoms with Crippen molar-refractivity contribution < 1.29 is 9.90 Å². The maximum atomic E-state index is 11.7. The largest absolute Gasteiger partial charge is 0.508 e. The molecule has 0 saturated carbocycles. The zero-order chi connectivity index (χ0) is 14.7. The molecule has 0 aliphatic rings. The van der Waals surface area contributed by atoms with Crippen LogP contribution in [-0.4, -0.2) is 26.6 Å². The second kappa shape index (κ2) is 5.76. The smallest absolute Gasteiger partial charge is 0.246 e. The molecule has 7 heteroatoms. The summed E-state index contributed by atoms with van der Waals surface area (Å²) in [6.45, 7) is 0. The highest BCUT2D eigenvalue weighted by Gasteiger charge is 2.07. The van der Waals surface area contributed by atoms with Gasteiger partial charge in [-0.3, -0.25) is 9.20 Å². The Morgan fingerprint density at radius 2 is 2.43 bits per heavy atom. The number of carbonyl (C=O) groups is 1. The van der Waals surface area contributed by atoms with Crippen LogP contribution in [0.4, 0.5) is 0 Å². The molecule has 0 bridgehead atoms. The number of aromatic hydroxyl groups is 1. The van der Waals surface area contributed by atoms with Gasteiger partial charge in [0.15, 0.2) is 4.96 Å². The summed E-state index contributed by atoms with van der Waals surface area (Å²) in [4.78, 5) is 16.9. The third-order valence-corrected chi connectivity index (χ3v) is 3.53. The zero-order valence-electron chi connectivity index (χ0n) is 10.9. The summed E-state index contributed by atoms with van der Waals surface area (Å²) < 4.78 is 1.88. The van der Waals surface area contributed by atoms with E-state index in [1.165, 1.54) is 17.6 Å². The highest BCUT2D eigenvalue weighted by atomic mass is 32.1. The summed E-state index contributed by atoms with van der Waals surface area (Å²) in [6.07, 6.45) is 5.37. The molecule has 0 atom stereocenters. The fourth-order valence-corrected chi connectivity index (χ4v) is 2.57. The van der Waals surface area contributed by atoms with Gasteiger partial charge in [-0.2, -0.15) is 5.10 Å². The van der Waals surface area contributed by atoms with Crippen LogP contribution in [0.3, 0.4) is 0 Å². The molecule has 0 spiro atoms. The lowest BCUT2D eigenvalue weighted by Crippen LogP contribution is -2.19. The van der Waals surface area contributed by atoms with E-state index in [-0.39, 0.29) is 18.1 Å². The van der Waals surface area contributed by atoms with Crippen molar-refractivity contribution in [3.63, 3.8) is 0 Å². The molecule has 0 unspecified atom stereocenters. The molecule has 2 aromatic heterocycles. The van der Waals surface area contributed by atoms with Crippen molar-refractivity contribution >= 4 is 28.4 Å². The summed E-state index contributed by atoms with van der Waals surface area (Å²) in [7, 11) is 0. The normalized spacial score (nSPS) is 11.2. The van der Waals surface area contributed by atoms with Crippen molar-refractivity contribution in [2.24, 2.45) is 5.10 Å². The summed E-state index contributed by atoms with van der Waals surface area (Å²) in [6, 6.07) is 6.61. The zero-order valence-corrected chi connectivity index (χ0v) is 11.7.